The van der Waals surface area contributed by atoms with Crippen molar-refractivity contribution in [2.45, 2.75) is 57.5 Å². The van der Waals surface area contributed by atoms with Gasteiger partial charge in [0.1, 0.15) is 0 Å². The van der Waals surface area contributed by atoms with Crippen LogP contribution in [-0.4, -0.2) is 17.9 Å². The molecule has 0 spiro atoms. The van der Waals surface area contributed by atoms with E-state index in [0.29, 0.717) is 17.9 Å². The van der Waals surface area contributed by atoms with Gasteiger partial charge in [0.15, 0.2) is 5.78 Å². The Morgan fingerprint density at radius 2 is 1.95 bits per heavy atom. The molecular weight excluding hydrogens is 234 g/mol. The molecule has 0 saturated carbocycles. The van der Waals surface area contributed by atoms with Gasteiger partial charge in [-0.05, 0) is 44.6 Å². The SMILES string of the molecule is CC1CCCC(C2CCCc3ccccc3C2=O)N1. The normalized spacial score (nSPS) is 31.6. The van der Waals surface area contributed by atoms with Crippen molar-refractivity contribution < 1.29 is 4.79 Å². The fourth-order valence-electron chi connectivity index (χ4n) is 3.70. The van der Waals surface area contributed by atoms with Crippen LogP contribution < -0.4 is 5.32 Å². The number of benzene rings is 1. The number of ketones is 1. The Morgan fingerprint density at radius 1 is 1.11 bits per heavy atom. The molecule has 3 atom stereocenters. The minimum atomic E-state index is 0.186. The molecule has 2 aliphatic rings. The Kier molecular flexibility index (Phi) is 3.69. The zero-order chi connectivity index (χ0) is 13.2. The van der Waals surface area contributed by atoms with E-state index in [1.807, 2.05) is 18.2 Å². The first-order valence-electron chi connectivity index (χ1n) is 7.64. The summed E-state index contributed by atoms with van der Waals surface area (Å²) in [6, 6.07) is 9.13. The van der Waals surface area contributed by atoms with Gasteiger partial charge in [0, 0.05) is 23.6 Å². The molecule has 2 heteroatoms. The van der Waals surface area contributed by atoms with Gasteiger partial charge < -0.3 is 5.32 Å². The van der Waals surface area contributed by atoms with Gasteiger partial charge in [-0.1, -0.05) is 30.7 Å². The first-order valence-corrected chi connectivity index (χ1v) is 7.64. The van der Waals surface area contributed by atoms with E-state index in [0.717, 1.165) is 31.2 Å². The fourth-order valence-corrected chi connectivity index (χ4v) is 3.70. The Hall–Kier alpha value is -1.15. The number of rotatable bonds is 1. The molecule has 19 heavy (non-hydrogen) atoms. The molecule has 1 aromatic rings. The third-order valence-electron chi connectivity index (χ3n) is 4.72. The summed E-state index contributed by atoms with van der Waals surface area (Å²) in [5.74, 6) is 0.561. The number of aryl methyl sites for hydroxylation is 1. The molecule has 1 fully saturated rings. The number of carbonyl (C=O) groups is 1. The summed E-state index contributed by atoms with van der Waals surface area (Å²) in [4.78, 5) is 12.8. The molecule has 3 rings (SSSR count). The average molecular weight is 257 g/mol. The average Bonchev–Trinajstić information content (AvgIpc) is 2.59. The minimum Gasteiger partial charge on any atom is -0.311 e. The number of hydrogen-bond donors (Lipinski definition) is 1. The van der Waals surface area contributed by atoms with Crippen LogP contribution in [0.3, 0.4) is 0 Å². The van der Waals surface area contributed by atoms with Crippen molar-refractivity contribution in [3.8, 4) is 0 Å². The van der Waals surface area contributed by atoms with Crippen molar-refractivity contribution in [1.82, 2.24) is 5.32 Å². The van der Waals surface area contributed by atoms with Crippen molar-refractivity contribution in [2.75, 3.05) is 0 Å². The smallest absolute Gasteiger partial charge is 0.167 e. The zero-order valence-corrected chi connectivity index (χ0v) is 11.7. The predicted octanol–water partition coefficient (Wildman–Crippen LogP) is 3.35. The van der Waals surface area contributed by atoms with Crippen LogP contribution >= 0.6 is 0 Å². The van der Waals surface area contributed by atoms with E-state index in [9.17, 15) is 4.79 Å². The Morgan fingerprint density at radius 3 is 2.79 bits per heavy atom. The first kappa shape index (κ1) is 12.9. The van der Waals surface area contributed by atoms with Crippen LogP contribution in [0.5, 0.6) is 0 Å². The maximum absolute atomic E-state index is 12.8. The fraction of sp³-hybridized carbons (Fsp3) is 0.588. The molecule has 0 radical (unpaired) electrons. The van der Waals surface area contributed by atoms with Crippen LogP contribution in [0.1, 0.15) is 54.9 Å². The summed E-state index contributed by atoms with van der Waals surface area (Å²) < 4.78 is 0. The van der Waals surface area contributed by atoms with E-state index >= 15 is 0 Å². The standard InChI is InChI=1S/C17H23NO/c1-12-6-4-11-16(18-12)15-10-5-8-13-7-2-3-9-14(13)17(15)19/h2-3,7,9,12,15-16,18H,4-6,8,10-11H2,1H3. The molecule has 1 aliphatic carbocycles. The van der Waals surface area contributed by atoms with Gasteiger partial charge in [-0.15, -0.1) is 0 Å². The maximum Gasteiger partial charge on any atom is 0.167 e. The lowest BCUT2D eigenvalue weighted by Gasteiger charge is -2.33. The van der Waals surface area contributed by atoms with Gasteiger partial charge in [-0.2, -0.15) is 0 Å². The van der Waals surface area contributed by atoms with Crippen molar-refractivity contribution in [2.24, 2.45) is 5.92 Å². The maximum atomic E-state index is 12.8. The molecule has 1 aliphatic heterocycles. The summed E-state index contributed by atoms with van der Waals surface area (Å²) in [6.45, 7) is 2.24. The second-order valence-electron chi connectivity index (χ2n) is 6.13. The number of hydrogen-bond acceptors (Lipinski definition) is 2. The summed E-state index contributed by atoms with van der Waals surface area (Å²) in [5.41, 5.74) is 2.23. The van der Waals surface area contributed by atoms with E-state index in [-0.39, 0.29) is 5.92 Å². The predicted molar refractivity (Wildman–Crippen MR) is 77.4 cm³/mol. The topological polar surface area (TPSA) is 29.1 Å². The second kappa shape index (κ2) is 5.46. The van der Waals surface area contributed by atoms with Gasteiger partial charge in [-0.25, -0.2) is 0 Å². The lowest BCUT2D eigenvalue weighted by molar-refractivity contribution is 0.0862. The summed E-state index contributed by atoms with van der Waals surface area (Å²) in [6.07, 6.45) is 6.89. The highest BCUT2D eigenvalue weighted by Gasteiger charge is 2.33. The number of carbonyl (C=O) groups excluding carboxylic acids is 1. The third kappa shape index (κ3) is 2.59. The first-order chi connectivity index (χ1) is 9.25. The van der Waals surface area contributed by atoms with Crippen LogP contribution in [0.2, 0.25) is 0 Å². The summed E-state index contributed by atoms with van der Waals surface area (Å²) in [5, 5.41) is 3.65. The number of Topliss-reactive ketones (excluding diaryl/α,β-unsaturated/α-hetero) is 1. The molecule has 1 N–H and O–H groups in total. The van der Waals surface area contributed by atoms with Crippen LogP contribution in [0.15, 0.2) is 24.3 Å². The lowest BCUT2D eigenvalue weighted by atomic mass is 9.83. The van der Waals surface area contributed by atoms with Crippen LogP contribution in [-0.2, 0) is 6.42 Å². The quantitative estimate of drug-likeness (QED) is 0.782. The van der Waals surface area contributed by atoms with Crippen LogP contribution in [0.4, 0.5) is 0 Å². The molecule has 1 saturated heterocycles. The van der Waals surface area contributed by atoms with Crippen molar-refractivity contribution in [3.63, 3.8) is 0 Å². The summed E-state index contributed by atoms with van der Waals surface area (Å²) >= 11 is 0. The van der Waals surface area contributed by atoms with Gasteiger partial charge in [0.2, 0.25) is 0 Å². The number of piperidine rings is 1. The zero-order valence-electron chi connectivity index (χ0n) is 11.7. The highest BCUT2D eigenvalue weighted by molar-refractivity contribution is 6.00. The molecule has 0 aromatic heterocycles. The molecule has 1 heterocycles. The van der Waals surface area contributed by atoms with E-state index in [4.69, 9.17) is 0 Å². The van der Waals surface area contributed by atoms with Gasteiger partial charge >= 0.3 is 0 Å². The lowest BCUT2D eigenvalue weighted by Crippen LogP contribution is -2.47. The Bertz CT molecular complexity index is 468. The van der Waals surface area contributed by atoms with Gasteiger partial charge in [-0.3, -0.25) is 4.79 Å². The molecular formula is C17H23NO. The molecule has 0 amide bonds. The van der Waals surface area contributed by atoms with E-state index in [1.165, 1.54) is 18.4 Å². The van der Waals surface area contributed by atoms with Crippen LogP contribution in [0, 0.1) is 5.92 Å². The molecule has 0 bridgehead atoms. The molecule has 102 valence electrons. The largest absolute Gasteiger partial charge is 0.311 e. The number of nitrogens with one attached hydrogen (secondary N) is 1. The second-order valence-corrected chi connectivity index (χ2v) is 6.13. The summed E-state index contributed by atoms with van der Waals surface area (Å²) in [7, 11) is 0. The monoisotopic (exact) mass is 257 g/mol. The Balaban J connectivity index is 1.85. The third-order valence-corrected chi connectivity index (χ3v) is 4.72. The number of fused-ring (bicyclic) bond motifs is 1. The van der Waals surface area contributed by atoms with Gasteiger partial charge in [0.25, 0.3) is 0 Å². The van der Waals surface area contributed by atoms with E-state index < -0.39 is 0 Å². The molecule has 2 nitrogen and oxygen atoms in total. The minimum absolute atomic E-state index is 0.186. The van der Waals surface area contributed by atoms with Crippen molar-refractivity contribution in [3.05, 3.63) is 35.4 Å². The van der Waals surface area contributed by atoms with Crippen molar-refractivity contribution in [1.29, 1.82) is 0 Å². The van der Waals surface area contributed by atoms with Gasteiger partial charge in [0.05, 0.1) is 0 Å². The van der Waals surface area contributed by atoms with Crippen molar-refractivity contribution >= 4 is 5.78 Å². The highest BCUT2D eigenvalue weighted by atomic mass is 16.1. The highest BCUT2D eigenvalue weighted by Crippen LogP contribution is 2.30. The molecule has 3 unspecified atom stereocenters. The molecule has 1 aromatic carbocycles. The van der Waals surface area contributed by atoms with Crippen LogP contribution in [0.25, 0.3) is 0 Å². The Labute approximate surface area is 115 Å². The van der Waals surface area contributed by atoms with E-state index in [2.05, 4.69) is 18.3 Å². The van der Waals surface area contributed by atoms with E-state index in [1.54, 1.807) is 0 Å².